The number of benzene rings is 2. The van der Waals surface area contributed by atoms with Gasteiger partial charge >= 0.3 is 0 Å². The Morgan fingerprint density at radius 2 is 1.80 bits per heavy atom. The van der Waals surface area contributed by atoms with Crippen molar-refractivity contribution < 1.29 is 4.74 Å². The van der Waals surface area contributed by atoms with E-state index < -0.39 is 0 Å². The van der Waals surface area contributed by atoms with E-state index in [1.807, 2.05) is 31.2 Å². The van der Waals surface area contributed by atoms with Crippen LogP contribution in [-0.4, -0.2) is 6.61 Å². The summed E-state index contributed by atoms with van der Waals surface area (Å²) < 4.78 is 6.41. The van der Waals surface area contributed by atoms with Gasteiger partial charge in [0, 0.05) is 15.6 Å². The van der Waals surface area contributed by atoms with Crippen LogP contribution in [0.25, 0.3) is 0 Å². The van der Waals surface area contributed by atoms with Gasteiger partial charge in [0.2, 0.25) is 0 Å². The molecule has 2 nitrogen and oxygen atoms in total. The van der Waals surface area contributed by atoms with Crippen LogP contribution in [0, 0.1) is 0 Å². The summed E-state index contributed by atoms with van der Waals surface area (Å²) in [6.07, 6.45) is 0. The molecule has 0 fully saturated rings. The van der Waals surface area contributed by atoms with E-state index in [2.05, 4.69) is 15.9 Å². The van der Waals surface area contributed by atoms with Crippen molar-refractivity contribution >= 4 is 39.1 Å². The van der Waals surface area contributed by atoms with Crippen LogP contribution >= 0.6 is 39.1 Å². The Hall–Kier alpha value is -0.740. The highest BCUT2D eigenvalue weighted by Gasteiger charge is 2.16. The molecule has 0 heterocycles. The van der Waals surface area contributed by atoms with E-state index in [-0.39, 0.29) is 6.04 Å². The van der Waals surface area contributed by atoms with Gasteiger partial charge in [-0.25, -0.2) is 0 Å². The van der Waals surface area contributed by atoms with Crippen LogP contribution in [0.15, 0.2) is 40.9 Å². The van der Waals surface area contributed by atoms with Gasteiger partial charge in [0.05, 0.1) is 17.7 Å². The van der Waals surface area contributed by atoms with E-state index in [4.69, 9.17) is 33.7 Å². The molecule has 0 aliphatic heterocycles. The molecule has 0 aromatic heterocycles. The summed E-state index contributed by atoms with van der Waals surface area (Å²) in [6.45, 7) is 2.43. The Labute approximate surface area is 137 Å². The minimum Gasteiger partial charge on any atom is -0.492 e. The third-order valence-corrected chi connectivity index (χ3v) is 4.07. The summed E-state index contributed by atoms with van der Waals surface area (Å²) in [5, 5.41) is 1.06. The van der Waals surface area contributed by atoms with Crippen LogP contribution in [0.1, 0.15) is 24.1 Å². The Kier molecular flexibility index (Phi) is 5.33. The maximum absolute atomic E-state index is 6.29. The Bertz CT molecular complexity index is 602. The Morgan fingerprint density at radius 3 is 2.40 bits per heavy atom. The van der Waals surface area contributed by atoms with Crippen molar-refractivity contribution in [3.05, 3.63) is 62.0 Å². The molecule has 1 atom stereocenters. The van der Waals surface area contributed by atoms with Gasteiger partial charge in [0.1, 0.15) is 5.75 Å². The van der Waals surface area contributed by atoms with E-state index in [9.17, 15) is 0 Å². The number of ether oxygens (including phenoxy) is 1. The highest BCUT2D eigenvalue weighted by Crippen LogP contribution is 2.35. The van der Waals surface area contributed by atoms with E-state index in [1.54, 1.807) is 12.1 Å². The normalized spacial score (nSPS) is 12.2. The lowest BCUT2D eigenvalue weighted by atomic mass is 9.99. The smallest absolute Gasteiger partial charge is 0.139 e. The molecular formula is C15H14BrCl2NO. The molecule has 0 amide bonds. The quantitative estimate of drug-likeness (QED) is 0.797. The second-order valence-corrected chi connectivity index (χ2v) is 6.00. The zero-order valence-corrected chi connectivity index (χ0v) is 14.0. The molecule has 0 aliphatic carbocycles. The molecule has 2 N–H and O–H groups in total. The number of halogens is 3. The molecule has 0 radical (unpaired) electrons. The summed E-state index contributed by atoms with van der Waals surface area (Å²) in [7, 11) is 0. The first-order valence-electron chi connectivity index (χ1n) is 6.15. The fourth-order valence-electron chi connectivity index (χ4n) is 1.90. The maximum atomic E-state index is 6.29. The number of hydrogen-bond acceptors (Lipinski definition) is 2. The summed E-state index contributed by atoms with van der Waals surface area (Å²) in [6, 6.07) is 10.9. The van der Waals surface area contributed by atoms with Gasteiger partial charge in [0.25, 0.3) is 0 Å². The lowest BCUT2D eigenvalue weighted by Crippen LogP contribution is -2.12. The summed E-state index contributed by atoms with van der Waals surface area (Å²) in [5.41, 5.74) is 8.01. The van der Waals surface area contributed by atoms with Gasteiger partial charge in [0.15, 0.2) is 0 Å². The fourth-order valence-corrected chi connectivity index (χ4v) is 2.66. The van der Waals surface area contributed by atoms with Crippen molar-refractivity contribution in [2.45, 2.75) is 13.0 Å². The van der Waals surface area contributed by atoms with Crippen molar-refractivity contribution in [3.8, 4) is 5.75 Å². The third-order valence-electron chi connectivity index (χ3n) is 2.92. The molecule has 5 heteroatoms. The maximum Gasteiger partial charge on any atom is 0.139 e. The molecule has 0 bridgehead atoms. The molecule has 106 valence electrons. The van der Waals surface area contributed by atoms with E-state index in [0.29, 0.717) is 22.4 Å². The van der Waals surface area contributed by atoms with Gasteiger partial charge in [-0.1, -0.05) is 51.3 Å². The van der Waals surface area contributed by atoms with Crippen LogP contribution in [0.2, 0.25) is 10.0 Å². The van der Waals surface area contributed by atoms with Crippen LogP contribution in [0.4, 0.5) is 0 Å². The van der Waals surface area contributed by atoms with E-state index in [0.717, 1.165) is 15.6 Å². The van der Waals surface area contributed by atoms with Crippen molar-refractivity contribution in [2.75, 3.05) is 6.61 Å². The molecule has 2 rings (SSSR count). The Morgan fingerprint density at radius 1 is 1.15 bits per heavy atom. The first-order valence-corrected chi connectivity index (χ1v) is 7.70. The summed E-state index contributed by atoms with van der Waals surface area (Å²) in [5.74, 6) is 0.575. The predicted molar refractivity (Wildman–Crippen MR) is 87.8 cm³/mol. The second kappa shape index (κ2) is 6.81. The number of nitrogens with two attached hydrogens (primary N) is 1. The predicted octanol–water partition coefficient (Wildman–Crippen LogP) is 5.20. The summed E-state index contributed by atoms with van der Waals surface area (Å²) in [4.78, 5) is 0. The van der Waals surface area contributed by atoms with Crippen LogP contribution in [0.5, 0.6) is 5.75 Å². The lowest BCUT2D eigenvalue weighted by Gasteiger charge is -2.16. The molecule has 1 unspecified atom stereocenters. The van der Waals surface area contributed by atoms with E-state index in [1.165, 1.54) is 0 Å². The first kappa shape index (κ1) is 15.6. The van der Waals surface area contributed by atoms with Gasteiger partial charge in [-0.3, -0.25) is 0 Å². The topological polar surface area (TPSA) is 35.2 Å². The average molecular weight is 375 g/mol. The van der Waals surface area contributed by atoms with Gasteiger partial charge in [-0.2, -0.15) is 0 Å². The molecule has 0 saturated heterocycles. The van der Waals surface area contributed by atoms with Gasteiger partial charge in [-0.05, 0) is 36.2 Å². The van der Waals surface area contributed by atoms with Crippen LogP contribution < -0.4 is 10.5 Å². The van der Waals surface area contributed by atoms with Crippen LogP contribution in [-0.2, 0) is 0 Å². The zero-order chi connectivity index (χ0) is 14.7. The van der Waals surface area contributed by atoms with Gasteiger partial charge in [-0.15, -0.1) is 0 Å². The molecule has 0 aliphatic rings. The lowest BCUT2D eigenvalue weighted by molar-refractivity contribution is 0.340. The first-order chi connectivity index (χ1) is 9.52. The molecule has 20 heavy (non-hydrogen) atoms. The van der Waals surface area contributed by atoms with Crippen molar-refractivity contribution in [3.63, 3.8) is 0 Å². The highest BCUT2D eigenvalue weighted by molar-refractivity contribution is 9.10. The van der Waals surface area contributed by atoms with Crippen molar-refractivity contribution in [2.24, 2.45) is 5.73 Å². The average Bonchev–Trinajstić information content (AvgIpc) is 2.43. The Balaban J connectivity index is 2.37. The monoisotopic (exact) mass is 373 g/mol. The molecule has 2 aromatic rings. The minimum absolute atomic E-state index is 0.330. The minimum atomic E-state index is -0.330. The third kappa shape index (κ3) is 3.47. The molecule has 0 spiro atoms. The van der Waals surface area contributed by atoms with Crippen LogP contribution in [0.3, 0.4) is 0 Å². The summed E-state index contributed by atoms with van der Waals surface area (Å²) >= 11 is 15.9. The van der Waals surface area contributed by atoms with Crippen molar-refractivity contribution in [1.29, 1.82) is 0 Å². The van der Waals surface area contributed by atoms with Crippen molar-refractivity contribution in [1.82, 2.24) is 0 Å². The SMILES string of the molecule is CCOc1cc(Cl)c(C(N)c2ccc(Br)cc2)cc1Cl. The van der Waals surface area contributed by atoms with E-state index >= 15 is 0 Å². The fraction of sp³-hybridized carbons (Fsp3) is 0.200. The standard InChI is InChI=1S/C15H14BrCl2NO/c1-2-20-14-8-12(17)11(7-13(14)18)15(19)9-3-5-10(16)6-4-9/h3-8,15H,2,19H2,1H3. The van der Waals surface area contributed by atoms with Gasteiger partial charge < -0.3 is 10.5 Å². The molecule has 2 aromatic carbocycles. The number of rotatable bonds is 4. The highest BCUT2D eigenvalue weighted by atomic mass is 79.9. The second-order valence-electron chi connectivity index (χ2n) is 4.27. The zero-order valence-electron chi connectivity index (χ0n) is 10.9. The number of hydrogen-bond donors (Lipinski definition) is 1. The molecule has 0 saturated carbocycles. The largest absolute Gasteiger partial charge is 0.492 e. The molecular weight excluding hydrogens is 361 g/mol.